The van der Waals surface area contributed by atoms with Crippen molar-refractivity contribution in [2.24, 2.45) is 0 Å². The Hall–Kier alpha value is -1.55. The number of benzene rings is 1. The van der Waals surface area contributed by atoms with Gasteiger partial charge in [-0.3, -0.25) is 0 Å². The Labute approximate surface area is 127 Å². The van der Waals surface area contributed by atoms with E-state index >= 15 is 0 Å². The maximum absolute atomic E-state index is 11.7. The Morgan fingerprint density at radius 2 is 2.19 bits per heavy atom. The molecule has 2 unspecified atom stereocenters. The molecule has 2 N–H and O–H groups in total. The number of carbonyl (C=O) groups excluding carboxylic acids is 1. The third-order valence-corrected chi connectivity index (χ3v) is 3.77. The van der Waals surface area contributed by atoms with E-state index in [1.165, 1.54) is 12.8 Å². The van der Waals surface area contributed by atoms with Crippen molar-refractivity contribution in [3.05, 3.63) is 29.8 Å². The average molecular weight is 290 g/mol. The molecular weight excluding hydrogens is 264 g/mol. The average Bonchev–Trinajstić information content (AvgIpc) is 2.98. The quantitative estimate of drug-likeness (QED) is 0.757. The van der Waals surface area contributed by atoms with Gasteiger partial charge in [0.25, 0.3) is 0 Å². The Balaban J connectivity index is 1.82. The zero-order valence-corrected chi connectivity index (χ0v) is 13.0. The first-order valence-electron chi connectivity index (χ1n) is 7.96. The summed E-state index contributed by atoms with van der Waals surface area (Å²) < 4.78 is 5.12. The molecule has 0 amide bonds. The van der Waals surface area contributed by atoms with Gasteiger partial charge in [0.1, 0.15) is 0 Å². The first kappa shape index (κ1) is 15.8. The molecule has 4 heteroatoms. The van der Waals surface area contributed by atoms with Crippen LogP contribution in [0.5, 0.6) is 0 Å². The van der Waals surface area contributed by atoms with Gasteiger partial charge in [0.15, 0.2) is 0 Å². The predicted molar refractivity (Wildman–Crippen MR) is 85.7 cm³/mol. The molecule has 116 valence electrons. The van der Waals surface area contributed by atoms with Gasteiger partial charge in [-0.15, -0.1) is 0 Å². The summed E-state index contributed by atoms with van der Waals surface area (Å²) in [6.45, 7) is 5.81. The van der Waals surface area contributed by atoms with Gasteiger partial charge in [0.2, 0.25) is 0 Å². The minimum atomic E-state index is -0.244. The van der Waals surface area contributed by atoms with E-state index in [1.54, 1.807) is 0 Å². The van der Waals surface area contributed by atoms with Gasteiger partial charge in [0.05, 0.1) is 12.2 Å². The van der Waals surface area contributed by atoms with Crippen LogP contribution < -0.4 is 10.6 Å². The fraction of sp³-hybridized carbons (Fsp3) is 0.588. The molecule has 0 radical (unpaired) electrons. The number of rotatable bonds is 7. The van der Waals surface area contributed by atoms with Crippen LogP contribution in [0.15, 0.2) is 24.3 Å². The monoisotopic (exact) mass is 290 g/mol. The number of esters is 1. The fourth-order valence-corrected chi connectivity index (χ4v) is 2.71. The molecule has 21 heavy (non-hydrogen) atoms. The topological polar surface area (TPSA) is 50.4 Å². The molecule has 2 rings (SSSR count). The highest BCUT2D eigenvalue weighted by molar-refractivity contribution is 5.89. The maximum atomic E-state index is 11.7. The van der Waals surface area contributed by atoms with Crippen LogP contribution in [0, 0.1) is 0 Å². The molecule has 1 aliphatic heterocycles. The third-order valence-electron chi connectivity index (χ3n) is 3.77. The van der Waals surface area contributed by atoms with Crippen molar-refractivity contribution >= 4 is 11.7 Å². The largest absolute Gasteiger partial charge is 0.462 e. The van der Waals surface area contributed by atoms with Gasteiger partial charge in [-0.1, -0.05) is 6.92 Å². The normalized spacial score (nSPS) is 19.2. The van der Waals surface area contributed by atoms with E-state index in [-0.39, 0.29) is 5.97 Å². The van der Waals surface area contributed by atoms with E-state index < -0.39 is 0 Å². The second-order valence-electron chi connectivity index (χ2n) is 5.79. The molecule has 0 bridgehead atoms. The van der Waals surface area contributed by atoms with Crippen molar-refractivity contribution in [1.82, 2.24) is 5.32 Å². The molecule has 4 nitrogen and oxygen atoms in total. The van der Waals surface area contributed by atoms with Crippen LogP contribution in [-0.4, -0.2) is 31.2 Å². The van der Waals surface area contributed by atoms with Crippen LogP contribution in [0.4, 0.5) is 5.69 Å². The summed E-state index contributed by atoms with van der Waals surface area (Å²) >= 11 is 0. The van der Waals surface area contributed by atoms with Crippen LogP contribution in [-0.2, 0) is 4.74 Å². The Morgan fingerprint density at radius 3 is 2.81 bits per heavy atom. The van der Waals surface area contributed by atoms with Crippen LogP contribution in [0.3, 0.4) is 0 Å². The Bertz CT molecular complexity index is 439. The summed E-state index contributed by atoms with van der Waals surface area (Å²) in [5, 5.41) is 7.00. The van der Waals surface area contributed by atoms with Gasteiger partial charge in [-0.2, -0.15) is 0 Å². The van der Waals surface area contributed by atoms with E-state index in [4.69, 9.17) is 4.74 Å². The smallest absolute Gasteiger partial charge is 0.338 e. The van der Waals surface area contributed by atoms with E-state index in [1.807, 2.05) is 31.2 Å². The van der Waals surface area contributed by atoms with Gasteiger partial charge < -0.3 is 15.4 Å². The molecule has 1 fully saturated rings. The predicted octanol–water partition coefficient (Wildman–Crippen LogP) is 3.20. The maximum Gasteiger partial charge on any atom is 0.338 e. The van der Waals surface area contributed by atoms with E-state index in [2.05, 4.69) is 17.6 Å². The summed E-state index contributed by atoms with van der Waals surface area (Å²) in [6.07, 6.45) is 4.53. The van der Waals surface area contributed by atoms with Crippen molar-refractivity contribution in [3.8, 4) is 0 Å². The second-order valence-corrected chi connectivity index (χ2v) is 5.79. The lowest BCUT2D eigenvalue weighted by molar-refractivity contribution is 0.0505. The highest BCUT2D eigenvalue weighted by Crippen LogP contribution is 2.16. The molecule has 1 aromatic rings. The Morgan fingerprint density at radius 1 is 1.43 bits per heavy atom. The highest BCUT2D eigenvalue weighted by Gasteiger charge is 2.17. The molecule has 0 spiro atoms. The van der Waals surface area contributed by atoms with Gasteiger partial charge >= 0.3 is 5.97 Å². The van der Waals surface area contributed by atoms with Crippen LogP contribution in [0.1, 0.15) is 49.9 Å². The molecule has 1 heterocycles. The van der Waals surface area contributed by atoms with Crippen molar-refractivity contribution in [1.29, 1.82) is 0 Å². The van der Waals surface area contributed by atoms with Crippen LogP contribution in [0.2, 0.25) is 0 Å². The van der Waals surface area contributed by atoms with Crippen LogP contribution >= 0.6 is 0 Å². The number of nitrogens with one attached hydrogen (secondary N) is 2. The zero-order valence-electron chi connectivity index (χ0n) is 13.0. The number of hydrogen-bond acceptors (Lipinski definition) is 4. The van der Waals surface area contributed by atoms with Gasteiger partial charge in [-0.25, -0.2) is 4.79 Å². The molecule has 2 atom stereocenters. The summed E-state index contributed by atoms with van der Waals surface area (Å²) in [5.41, 5.74) is 1.66. The molecule has 1 saturated heterocycles. The second kappa shape index (κ2) is 8.03. The molecule has 0 saturated carbocycles. The van der Waals surface area contributed by atoms with Crippen molar-refractivity contribution in [2.45, 2.75) is 51.6 Å². The molecular formula is C17H26N2O2. The highest BCUT2D eigenvalue weighted by atomic mass is 16.5. The van der Waals surface area contributed by atoms with Crippen molar-refractivity contribution in [2.75, 3.05) is 18.5 Å². The van der Waals surface area contributed by atoms with Crippen molar-refractivity contribution < 1.29 is 9.53 Å². The van der Waals surface area contributed by atoms with E-state index in [9.17, 15) is 4.79 Å². The lowest BCUT2D eigenvalue weighted by atomic mass is 10.1. The number of ether oxygens (including phenoxy) is 1. The SMILES string of the molecule is CCCOC(=O)c1ccc(NC(C)CC2CCCN2)cc1. The van der Waals surface area contributed by atoms with Crippen LogP contribution in [0.25, 0.3) is 0 Å². The third kappa shape index (κ3) is 5.05. The summed E-state index contributed by atoms with van der Waals surface area (Å²) in [5.74, 6) is -0.244. The molecule has 0 aromatic heterocycles. The summed E-state index contributed by atoms with van der Waals surface area (Å²) in [6, 6.07) is 8.58. The number of hydrogen-bond donors (Lipinski definition) is 2. The fourth-order valence-electron chi connectivity index (χ4n) is 2.71. The molecule has 0 aliphatic carbocycles. The van der Waals surface area contributed by atoms with E-state index in [0.717, 1.165) is 25.1 Å². The van der Waals surface area contributed by atoms with Crippen molar-refractivity contribution in [3.63, 3.8) is 0 Å². The van der Waals surface area contributed by atoms with E-state index in [0.29, 0.717) is 24.3 Å². The summed E-state index contributed by atoms with van der Waals surface area (Å²) in [7, 11) is 0. The lowest BCUT2D eigenvalue weighted by Gasteiger charge is -2.19. The first-order chi connectivity index (χ1) is 10.2. The number of anilines is 1. The summed E-state index contributed by atoms with van der Waals surface area (Å²) in [4.78, 5) is 11.7. The minimum Gasteiger partial charge on any atom is -0.462 e. The lowest BCUT2D eigenvalue weighted by Crippen LogP contribution is -2.29. The van der Waals surface area contributed by atoms with Gasteiger partial charge in [-0.05, 0) is 63.4 Å². The first-order valence-corrected chi connectivity index (χ1v) is 7.96. The zero-order chi connectivity index (χ0) is 15.1. The standard InChI is InChI=1S/C17H26N2O2/c1-3-11-21-17(20)14-6-8-15(9-7-14)19-13(2)12-16-5-4-10-18-16/h6-9,13,16,18-19H,3-5,10-12H2,1-2H3. The number of carbonyl (C=O) groups is 1. The molecule has 1 aliphatic rings. The molecule has 1 aromatic carbocycles. The Kier molecular flexibility index (Phi) is 6.05. The minimum absolute atomic E-state index is 0.244. The van der Waals surface area contributed by atoms with Gasteiger partial charge in [0, 0.05) is 17.8 Å².